The Labute approximate surface area is 127 Å². The van der Waals surface area contributed by atoms with Crippen molar-refractivity contribution in [3.8, 4) is 0 Å². The van der Waals surface area contributed by atoms with E-state index in [1.54, 1.807) is 6.92 Å². The van der Waals surface area contributed by atoms with Crippen LogP contribution >= 0.6 is 0 Å². The molecule has 0 aromatic heterocycles. The summed E-state index contributed by atoms with van der Waals surface area (Å²) in [6, 6.07) is 0.390. The van der Waals surface area contributed by atoms with E-state index in [9.17, 15) is 9.59 Å². The lowest BCUT2D eigenvalue weighted by atomic mass is 9.90. The smallest absolute Gasteiger partial charge is 0.407 e. The quantitative estimate of drug-likeness (QED) is 0.757. The monoisotopic (exact) mass is 300 g/mol. The molecule has 122 valence electrons. The number of hydrogen-bond acceptors (Lipinski definition) is 5. The van der Waals surface area contributed by atoms with Gasteiger partial charge in [-0.05, 0) is 40.0 Å². The molecule has 6 heteroatoms. The summed E-state index contributed by atoms with van der Waals surface area (Å²) < 4.78 is 9.96. The summed E-state index contributed by atoms with van der Waals surface area (Å²) in [5, 5.41) is 2.88. The van der Waals surface area contributed by atoms with E-state index in [1.807, 2.05) is 6.92 Å². The highest BCUT2D eigenvalue weighted by Gasteiger charge is 2.31. The maximum Gasteiger partial charge on any atom is 0.407 e. The van der Waals surface area contributed by atoms with Crippen LogP contribution in [0.2, 0.25) is 0 Å². The SMILES string of the molecule is CCOC(=O)CC1CC(NC(=O)OCC)CN(C(C)C)C1. The summed E-state index contributed by atoms with van der Waals surface area (Å²) in [5.41, 5.74) is 0. The number of ether oxygens (including phenoxy) is 2. The number of alkyl carbamates (subject to hydrolysis) is 1. The van der Waals surface area contributed by atoms with Crippen LogP contribution < -0.4 is 5.32 Å². The van der Waals surface area contributed by atoms with Crippen LogP contribution in [0.15, 0.2) is 0 Å². The Morgan fingerprint density at radius 3 is 2.43 bits per heavy atom. The number of rotatable bonds is 6. The summed E-state index contributed by atoms with van der Waals surface area (Å²) >= 11 is 0. The van der Waals surface area contributed by atoms with Crippen molar-refractivity contribution in [2.24, 2.45) is 5.92 Å². The first-order valence-corrected chi connectivity index (χ1v) is 7.79. The van der Waals surface area contributed by atoms with Crippen molar-refractivity contribution in [1.29, 1.82) is 0 Å². The van der Waals surface area contributed by atoms with Gasteiger partial charge in [0.2, 0.25) is 0 Å². The third-order valence-electron chi connectivity index (χ3n) is 3.65. The lowest BCUT2D eigenvalue weighted by Crippen LogP contribution is -2.53. The summed E-state index contributed by atoms with van der Waals surface area (Å²) in [7, 11) is 0. The Hall–Kier alpha value is -1.30. The molecule has 0 bridgehead atoms. The average molecular weight is 300 g/mol. The van der Waals surface area contributed by atoms with E-state index in [-0.39, 0.29) is 24.0 Å². The second-order valence-corrected chi connectivity index (χ2v) is 5.72. The number of esters is 1. The van der Waals surface area contributed by atoms with Crippen molar-refractivity contribution >= 4 is 12.1 Å². The first-order valence-electron chi connectivity index (χ1n) is 7.79. The number of carbonyl (C=O) groups excluding carboxylic acids is 2. The van der Waals surface area contributed by atoms with Gasteiger partial charge in [0, 0.05) is 31.6 Å². The van der Waals surface area contributed by atoms with Crippen LogP contribution in [0.25, 0.3) is 0 Å². The van der Waals surface area contributed by atoms with Crippen LogP contribution in [0.1, 0.15) is 40.5 Å². The molecule has 0 radical (unpaired) electrons. The molecule has 6 nitrogen and oxygen atoms in total. The van der Waals surface area contributed by atoms with Crippen molar-refractivity contribution < 1.29 is 19.1 Å². The number of hydrogen-bond donors (Lipinski definition) is 1. The third kappa shape index (κ3) is 6.33. The summed E-state index contributed by atoms with van der Waals surface area (Å²) in [4.78, 5) is 25.5. The third-order valence-corrected chi connectivity index (χ3v) is 3.65. The van der Waals surface area contributed by atoms with Crippen molar-refractivity contribution in [2.75, 3.05) is 26.3 Å². The van der Waals surface area contributed by atoms with E-state index in [4.69, 9.17) is 9.47 Å². The number of likely N-dealkylation sites (tertiary alicyclic amines) is 1. The topological polar surface area (TPSA) is 67.9 Å². The van der Waals surface area contributed by atoms with Gasteiger partial charge in [0.15, 0.2) is 0 Å². The summed E-state index contributed by atoms with van der Waals surface area (Å²) in [5.74, 6) is 0.0371. The van der Waals surface area contributed by atoms with Gasteiger partial charge in [-0.2, -0.15) is 0 Å². The Balaban J connectivity index is 2.59. The molecular weight excluding hydrogens is 272 g/mol. The summed E-state index contributed by atoms with van der Waals surface area (Å²) in [6.07, 6.45) is 0.793. The number of nitrogens with one attached hydrogen (secondary N) is 1. The highest BCUT2D eigenvalue weighted by atomic mass is 16.5. The minimum Gasteiger partial charge on any atom is -0.466 e. The van der Waals surface area contributed by atoms with Crippen LogP contribution in [0.5, 0.6) is 0 Å². The molecule has 0 aliphatic carbocycles. The van der Waals surface area contributed by atoms with Gasteiger partial charge in [0.25, 0.3) is 0 Å². The highest BCUT2D eigenvalue weighted by Crippen LogP contribution is 2.22. The van der Waals surface area contributed by atoms with Gasteiger partial charge in [0.1, 0.15) is 0 Å². The van der Waals surface area contributed by atoms with E-state index in [0.29, 0.717) is 25.7 Å². The Morgan fingerprint density at radius 2 is 1.86 bits per heavy atom. The van der Waals surface area contributed by atoms with Gasteiger partial charge in [-0.25, -0.2) is 4.79 Å². The number of nitrogens with zero attached hydrogens (tertiary/aromatic N) is 1. The molecule has 0 spiro atoms. The van der Waals surface area contributed by atoms with Gasteiger partial charge in [-0.1, -0.05) is 0 Å². The van der Waals surface area contributed by atoms with Crippen molar-refractivity contribution in [2.45, 2.75) is 52.6 Å². The normalized spacial score (nSPS) is 22.9. The van der Waals surface area contributed by atoms with E-state index < -0.39 is 0 Å². The van der Waals surface area contributed by atoms with Gasteiger partial charge < -0.3 is 14.8 Å². The fourth-order valence-corrected chi connectivity index (χ4v) is 2.71. The first-order chi connectivity index (χ1) is 9.96. The predicted molar refractivity (Wildman–Crippen MR) is 80.0 cm³/mol. The molecule has 2 unspecified atom stereocenters. The molecule has 1 amide bonds. The molecule has 1 aliphatic heterocycles. The molecule has 1 aliphatic rings. The second-order valence-electron chi connectivity index (χ2n) is 5.72. The maximum atomic E-state index is 11.7. The van der Waals surface area contributed by atoms with Crippen molar-refractivity contribution in [1.82, 2.24) is 10.2 Å². The number of amides is 1. The predicted octanol–water partition coefficient (Wildman–Crippen LogP) is 1.78. The molecule has 1 fully saturated rings. The second kappa shape index (κ2) is 8.87. The fraction of sp³-hybridized carbons (Fsp3) is 0.867. The van der Waals surface area contributed by atoms with E-state index in [2.05, 4.69) is 24.1 Å². The van der Waals surface area contributed by atoms with Gasteiger partial charge in [0.05, 0.1) is 13.2 Å². The molecule has 1 rings (SSSR count). The molecule has 0 aromatic rings. The van der Waals surface area contributed by atoms with E-state index in [1.165, 1.54) is 0 Å². The van der Waals surface area contributed by atoms with Crippen LogP contribution in [-0.2, 0) is 14.3 Å². The van der Waals surface area contributed by atoms with E-state index in [0.717, 1.165) is 19.5 Å². The Bertz CT molecular complexity index is 319. The fourth-order valence-electron chi connectivity index (χ4n) is 2.71. The molecule has 2 atom stereocenters. The number of carbonyl (C=O) groups is 2. The van der Waals surface area contributed by atoms with Crippen molar-refractivity contribution in [3.05, 3.63) is 0 Å². The zero-order chi connectivity index (χ0) is 15.8. The standard InChI is InChI=1S/C15H28N2O4/c1-5-20-14(18)8-12-7-13(16-15(19)21-6-2)10-17(9-12)11(3)4/h11-13H,5-10H2,1-4H3,(H,16,19). The molecule has 1 N–H and O–H groups in total. The van der Waals surface area contributed by atoms with Gasteiger partial charge in [-0.15, -0.1) is 0 Å². The van der Waals surface area contributed by atoms with Crippen LogP contribution in [0.3, 0.4) is 0 Å². The van der Waals surface area contributed by atoms with Gasteiger partial charge in [-0.3, -0.25) is 9.69 Å². The largest absolute Gasteiger partial charge is 0.466 e. The average Bonchev–Trinajstić information content (AvgIpc) is 2.38. The molecular formula is C15H28N2O4. The molecule has 0 aromatic carbocycles. The maximum absolute atomic E-state index is 11.7. The minimum atomic E-state index is -0.386. The van der Waals surface area contributed by atoms with Crippen LogP contribution in [0, 0.1) is 5.92 Å². The minimum absolute atomic E-state index is 0.0135. The molecule has 1 heterocycles. The zero-order valence-electron chi connectivity index (χ0n) is 13.6. The Morgan fingerprint density at radius 1 is 1.19 bits per heavy atom. The molecule has 0 saturated carbocycles. The first kappa shape index (κ1) is 17.8. The zero-order valence-corrected chi connectivity index (χ0v) is 13.6. The van der Waals surface area contributed by atoms with Crippen LogP contribution in [0.4, 0.5) is 4.79 Å². The summed E-state index contributed by atoms with van der Waals surface area (Å²) in [6.45, 7) is 10.2. The van der Waals surface area contributed by atoms with Crippen molar-refractivity contribution in [3.63, 3.8) is 0 Å². The van der Waals surface area contributed by atoms with E-state index >= 15 is 0 Å². The van der Waals surface area contributed by atoms with Crippen LogP contribution in [-0.4, -0.2) is 55.3 Å². The number of piperidine rings is 1. The lowest BCUT2D eigenvalue weighted by molar-refractivity contribution is -0.144. The lowest BCUT2D eigenvalue weighted by Gasteiger charge is -2.39. The Kier molecular flexibility index (Phi) is 7.50. The molecule has 21 heavy (non-hydrogen) atoms. The molecule has 1 saturated heterocycles. The van der Waals surface area contributed by atoms with Gasteiger partial charge >= 0.3 is 12.1 Å². The highest BCUT2D eigenvalue weighted by molar-refractivity contribution is 5.70.